The van der Waals surface area contributed by atoms with Gasteiger partial charge in [0.05, 0.1) is 11.9 Å². The summed E-state index contributed by atoms with van der Waals surface area (Å²) in [5.74, 6) is 0.709. The molecule has 0 spiro atoms. The molecule has 0 saturated carbocycles. The third-order valence-electron chi connectivity index (χ3n) is 2.98. The zero-order chi connectivity index (χ0) is 10.8. The maximum atomic E-state index is 11.3. The van der Waals surface area contributed by atoms with Crippen molar-refractivity contribution in [1.29, 1.82) is 0 Å². The molecule has 15 heavy (non-hydrogen) atoms. The van der Waals surface area contributed by atoms with E-state index in [0.29, 0.717) is 5.92 Å². The molecule has 4 nitrogen and oxygen atoms in total. The van der Waals surface area contributed by atoms with Gasteiger partial charge in [0.2, 0.25) is 0 Å². The molecule has 1 fully saturated rings. The minimum absolute atomic E-state index is 0.252. The van der Waals surface area contributed by atoms with Crippen LogP contribution in [0.15, 0.2) is 11.0 Å². The van der Waals surface area contributed by atoms with Gasteiger partial charge in [0, 0.05) is 13.1 Å². The van der Waals surface area contributed by atoms with Crippen LogP contribution in [0, 0.1) is 5.92 Å². The molecule has 1 aliphatic rings. The first-order chi connectivity index (χ1) is 7.22. The van der Waals surface area contributed by atoms with Crippen LogP contribution in [-0.2, 0) is 0 Å². The normalized spacial score (nSPS) is 20.9. The molecule has 1 atom stereocenters. The third-order valence-corrected chi connectivity index (χ3v) is 3.35. The van der Waals surface area contributed by atoms with Gasteiger partial charge < -0.3 is 4.90 Å². The molecule has 0 radical (unpaired) electrons. The summed E-state index contributed by atoms with van der Waals surface area (Å²) in [5, 5.41) is 6.35. The summed E-state index contributed by atoms with van der Waals surface area (Å²) < 4.78 is 0. The topological polar surface area (TPSA) is 49.0 Å². The van der Waals surface area contributed by atoms with E-state index >= 15 is 0 Å². The minimum atomic E-state index is -0.311. The lowest BCUT2D eigenvalue weighted by atomic mass is 10.1. The number of nitrogens with zero attached hydrogens (tertiary/aromatic N) is 2. The fourth-order valence-electron chi connectivity index (χ4n) is 1.98. The SMILES string of the molecule is CC[C@@H]1CCN(c2cn[nH]c(=O)c2Cl)C1. The molecule has 1 N–H and O–H groups in total. The van der Waals surface area contributed by atoms with Crippen LogP contribution >= 0.6 is 11.6 Å². The van der Waals surface area contributed by atoms with E-state index in [2.05, 4.69) is 22.0 Å². The van der Waals surface area contributed by atoms with Gasteiger partial charge in [-0.15, -0.1) is 0 Å². The Hall–Kier alpha value is -1.03. The van der Waals surface area contributed by atoms with Crippen molar-refractivity contribution >= 4 is 17.3 Å². The van der Waals surface area contributed by atoms with Gasteiger partial charge in [-0.05, 0) is 12.3 Å². The lowest BCUT2D eigenvalue weighted by Crippen LogP contribution is -2.23. The van der Waals surface area contributed by atoms with Gasteiger partial charge in [-0.25, -0.2) is 5.10 Å². The summed E-state index contributed by atoms with van der Waals surface area (Å²) in [4.78, 5) is 13.4. The Labute approximate surface area is 93.2 Å². The van der Waals surface area contributed by atoms with Gasteiger partial charge in [0.25, 0.3) is 5.56 Å². The minimum Gasteiger partial charge on any atom is -0.369 e. The molecule has 1 saturated heterocycles. The van der Waals surface area contributed by atoms with Gasteiger partial charge in [0.15, 0.2) is 0 Å². The summed E-state index contributed by atoms with van der Waals surface area (Å²) in [5.41, 5.74) is 0.450. The summed E-state index contributed by atoms with van der Waals surface area (Å²) in [6.07, 6.45) is 3.96. The summed E-state index contributed by atoms with van der Waals surface area (Å²) >= 11 is 5.94. The van der Waals surface area contributed by atoms with Crippen LogP contribution in [0.4, 0.5) is 5.69 Å². The van der Waals surface area contributed by atoms with Crippen molar-refractivity contribution in [3.63, 3.8) is 0 Å². The molecule has 1 aliphatic heterocycles. The predicted octanol–water partition coefficient (Wildman–Crippen LogP) is 1.66. The molecule has 5 heteroatoms. The number of nitrogens with one attached hydrogen (secondary N) is 1. The first kappa shape index (κ1) is 10.5. The highest BCUT2D eigenvalue weighted by Crippen LogP contribution is 2.28. The van der Waals surface area contributed by atoms with Crippen LogP contribution in [0.2, 0.25) is 5.02 Å². The molecular weight excluding hydrogens is 214 g/mol. The molecule has 0 bridgehead atoms. The highest BCUT2D eigenvalue weighted by atomic mass is 35.5. The largest absolute Gasteiger partial charge is 0.369 e. The molecule has 82 valence electrons. The van der Waals surface area contributed by atoms with E-state index < -0.39 is 0 Å². The van der Waals surface area contributed by atoms with E-state index in [1.807, 2.05) is 0 Å². The van der Waals surface area contributed by atoms with Crippen molar-refractivity contribution in [3.05, 3.63) is 21.6 Å². The van der Waals surface area contributed by atoms with Crippen LogP contribution in [0.5, 0.6) is 0 Å². The lowest BCUT2D eigenvalue weighted by molar-refractivity contribution is 0.569. The molecular formula is C10H14ClN3O. The Balaban J connectivity index is 2.24. The summed E-state index contributed by atoms with van der Waals surface area (Å²) in [7, 11) is 0. The number of anilines is 1. The fourth-order valence-corrected chi connectivity index (χ4v) is 2.19. The van der Waals surface area contributed by atoms with Crippen LogP contribution in [0.25, 0.3) is 0 Å². The zero-order valence-corrected chi connectivity index (χ0v) is 9.42. The highest BCUT2D eigenvalue weighted by Gasteiger charge is 2.23. The van der Waals surface area contributed by atoms with E-state index in [-0.39, 0.29) is 10.6 Å². The Bertz CT molecular complexity index is 404. The van der Waals surface area contributed by atoms with Crippen molar-refractivity contribution in [1.82, 2.24) is 10.2 Å². The van der Waals surface area contributed by atoms with Gasteiger partial charge in [-0.1, -0.05) is 24.9 Å². The van der Waals surface area contributed by atoms with E-state index in [0.717, 1.165) is 18.8 Å². The molecule has 0 aromatic carbocycles. The molecule has 2 rings (SSSR count). The predicted molar refractivity (Wildman–Crippen MR) is 60.5 cm³/mol. The number of rotatable bonds is 2. The standard InChI is InChI=1S/C10H14ClN3O/c1-2-7-3-4-14(6-7)8-5-12-13-10(15)9(8)11/h5,7H,2-4,6H2,1H3,(H,13,15)/t7-/m1/s1. The Morgan fingerprint density at radius 1 is 1.73 bits per heavy atom. The Kier molecular flexibility index (Phi) is 2.95. The molecule has 0 unspecified atom stereocenters. The lowest BCUT2D eigenvalue weighted by Gasteiger charge is -2.18. The maximum Gasteiger partial charge on any atom is 0.285 e. The second kappa shape index (κ2) is 4.23. The zero-order valence-electron chi connectivity index (χ0n) is 8.66. The fraction of sp³-hybridized carbons (Fsp3) is 0.600. The quantitative estimate of drug-likeness (QED) is 0.836. The number of H-pyrrole nitrogens is 1. The Morgan fingerprint density at radius 3 is 3.20 bits per heavy atom. The summed E-state index contributed by atoms with van der Waals surface area (Å²) in [6, 6.07) is 0. The van der Waals surface area contributed by atoms with Crippen molar-refractivity contribution in [2.45, 2.75) is 19.8 Å². The number of hydrogen-bond donors (Lipinski definition) is 1. The molecule has 0 amide bonds. The third kappa shape index (κ3) is 2.00. The van der Waals surface area contributed by atoms with E-state index in [4.69, 9.17) is 11.6 Å². The van der Waals surface area contributed by atoms with Crippen molar-refractivity contribution in [2.75, 3.05) is 18.0 Å². The average Bonchev–Trinajstić information content (AvgIpc) is 2.70. The van der Waals surface area contributed by atoms with Crippen LogP contribution in [-0.4, -0.2) is 23.3 Å². The van der Waals surface area contributed by atoms with Crippen molar-refractivity contribution in [2.24, 2.45) is 5.92 Å². The number of aromatic nitrogens is 2. The first-order valence-corrected chi connectivity index (χ1v) is 5.58. The number of halogens is 1. The smallest absolute Gasteiger partial charge is 0.285 e. The molecule has 0 aliphatic carbocycles. The summed E-state index contributed by atoms with van der Waals surface area (Å²) in [6.45, 7) is 4.12. The van der Waals surface area contributed by atoms with Gasteiger partial charge >= 0.3 is 0 Å². The van der Waals surface area contributed by atoms with Crippen LogP contribution < -0.4 is 10.5 Å². The highest BCUT2D eigenvalue weighted by molar-refractivity contribution is 6.33. The van der Waals surface area contributed by atoms with E-state index in [1.165, 1.54) is 12.8 Å². The second-order valence-electron chi connectivity index (χ2n) is 3.91. The number of hydrogen-bond acceptors (Lipinski definition) is 3. The molecule has 1 aromatic rings. The Morgan fingerprint density at radius 2 is 2.53 bits per heavy atom. The maximum absolute atomic E-state index is 11.3. The molecule has 2 heterocycles. The van der Waals surface area contributed by atoms with Crippen LogP contribution in [0.1, 0.15) is 19.8 Å². The average molecular weight is 228 g/mol. The van der Waals surface area contributed by atoms with Crippen LogP contribution in [0.3, 0.4) is 0 Å². The van der Waals surface area contributed by atoms with Gasteiger partial charge in [-0.2, -0.15) is 5.10 Å². The monoisotopic (exact) mass is 227 g/mol. The first-order valence-electron chi connectivity index (χ1n) is 5.20. The van der Waals surface area contributed by atoms with Crippen molar-refractivity contribution in [3.8, 4) is 0 Å². The van der Waals surface area contributed by atoms with E-state index in [9.17, 15) is 4.79 Å². The van der Waals surface area contributed by atoms with E-state index in [1.54, 1.807) is 6.20 Å². The number of aromatic amines is 1. The van der Waals surface area contributed by atoms with Crippen molar-refractivity contribution < 1.29 is 0 Å². The molecule has 1 aromatic heterocycles. The van der Waals surface area contributed by atoms with Gasteiger partial charge in [-0.3, -0.25) is 4.79 Å². The van der Waals surface area contributed by atoms with Gasteiger partial charge in [0.1, 0.15) is 5.02 Å². The second-order valence-corrected chi connectivity index (χ2v) is 4.29.